The van der Waals surface area contributed by atoms with Gasteiger partial charge in [0.15, 0.2) is 0 Å². The highest BCUT2D eigenvalue weighted by molar-refractivity contribution is 7.09. The Morgan fingerprint density at radius 2 is 2.35 bits per heavy atom. The minimum atomic E-state index is 0.198. The smallest absolute Gasteiger partial charge is 0.115 e. The van der Waals surface area contributed by atoms with Crippen molar-refractivity contribution in [2.45, 2.75) is 13.0 Å². The number of benzene rings is 1. The number of aromatic amines is 1. The second kappa shape index (κ2) is 4.18. The number of thiazole rings is 1. The lowest BCUT2D eigenvalue weighted by Gasteiger charge is -2.13. The molecule has 0 aliphatic heterocycles. The molecule has 0 saturated carbocycles. The van der Waals surface area contributed by atoms with Crippen LogP contribution in [0.3, 0.4) is 0 Å². The van der Waals surface area contributed by atoms with Crippen molar-refractivity contribution in [3.63, 3.8) is 0 Å². The quantitative estimate of drug-likeness (QED) is 0.744. The monoisotopic (exact) mass is 244 g/mol. The molecule has 1 aromatic carbocycles. The van der Waals surface area contributed by atoms with Crippen LogP contribution in [0.4, 0.5) is 5.69 Å². The fourth-order valence-electron chi connectivity index (χ4n) is 1.83. The van der Waals surface area contributed by atoms with E-state index in [9.17, 15) is 0 Å². The summed E-state index contributed by atoms with van der Waals surface area (Å²) in [6, 6.07) is 6.31. The number of H-pyrrole nitrogens is 1. The average molecular weight is 244 g/mol. The van der Waals surface area contributed by atoms with Gasteiger partial charge in [0.1, 0.15) is 5.01 Å². The molecule has 3 rings (SSSR count). The van der Waals surface area contributed by atoms with Gasteiger partial charge in [-0.1, -0.05) is 12.1 Å². The fraction of sp³-hybridized carbons (Fsp3) is 0.167. The van der Waals surface area contributed by atoms with Crippen LogP contribution in [0.5, 0.6) is 0 Å². The van der Waals surface area contributed by atoms with Gasteiger partial charge in [0, 0.05) is 17.0 Å². The molecular weight excluding hydrogens is 232 g/mol. The van der Waals surface area contributed by atoms with Crippen LogP contribution in [-0.2, 0) is 0 Å². The Bertz CT molecular complexity index is 614. The summed E-state index contributed by atoms with van der Waals surface area (Å²) < 4.78 is 0. The van der Waals surface area contributed by atoms with Crippen LogP contribution >= 0.6 is 11.3 Å². The standard InChI is InChI=1S/C12H12N4S/c1-8(12-13-5-6-17-12)15-10-4-2-3-9-7-14-16-11(9)10/h2-8,15H,1H3,(H,14,16). The Morgan fingerprint density at radius 3 is 3.18 bits per heavy atom. The minimum Gasteiger partial charge on any atom is -0.374 e. The van der Waals surface area contributed by atoms with Crippen molar-refractivity contribution in [1.29, 1.82) is 0 Å². The number of hydrogen-bond donors (Lipinski definition) is 2. The molecule has 4 nitrogen and oxygen atoms in total. The summed E-state index contributed by atoms with van der Waals surface area (Å²) in [5, 5.41) is 14.7. The lowest BCUT2D eigenvalue weighted by Crippen LogP contribution is -2.06. The summed E-state index contributed by atoms with van der Waals surface area (Å²) >= 11 is 1.66. The zero-order valence-electron chi connectivity index (χ0n) is 9.34. The van der Waals surface area contributed by atoms with E-state index < -0.39 is 0 Å². The molecule has 0 saturated heterocycles. The molecule has 5 heteroatoms. The highest BCUT2D eigenvalue weighted by atomic mass is 32.1. The van der Waals surface area contributed by atoms with Gasteiger partial charge in [-0.25, -0.2) is 4.98 Å². The maximum absolute atomic E-state index is 4.31. The first-order chi connectivity index (χ1) is 8.34. The number of aromatic nitrogens is 3. The first kappa shape index (κ1) is 10.3. The van der Waals surface area contributed by atoms with Crippen molar-refractivity contribution in [1.82, 2.24) is 15.2 Å². The fourth-order valence-corrected chi connectivity index (χ4v) is 2.48. The number of rotatable bonds is 3. The first-order valence-corrected chi connectivity index (χ1v) is 6.30. The van der Waals surface area contributed by atoms with Crippen LogP contribution in [-0.4, -0.2) is 15.2 Å². The molecule has 1 atom stereocenters. The molecule has 0 spiro atoms. The molecule has 17 heavy (non-hydrogen) atoms. The number of hydrogen-bond acceptors (Lipinski definition) is 4. The average Bonchev–Trinajstić information content (AvgIpc) is 3.00. The van der Waals surface area contributed by atoms with Gasteiger partial charge >= 0.3 is 0 Å². The Morgan fingerprint density at radius 1 is 1.41 bits per heavy atom. The first-order valence-electron chi connectivity index (χ1n) is 5.42. The molecule has 0 aliphatic carbocycles. The SMILES string of the molecule is CC(Nc1cccc2cn[nH]c12)c1nccs1. The van der Waals surface area contributed by atoms with Gasteiger partial charge in [0.2, 0.25) is 0 Å². The summed E-state index contributed by atoms with van der Waals surface area (Å²) in [6.45, 7) is 2.11. The molecule has 0 fully saturated rings. The highest BCUT2D eigenvalue weighted by Crippen LogP contribution is 2.25. The molecule has 2 N–H and O–H groups in total. The molecular formula is C12H12N4S. The minimum absolute atomic E-state index is 0.198. The number of fused-ring (bicyclic) bond motifs is 1. The maximum atomic E-state index is 4.31. The third-order valence-electron chi connectivity index (χ3n) is 2.67. The zero-order valence-corrected chi connectivity index (χ0v) is 10.2. The Hall–Kier alpha value is -1.88. The summed E-state index contributed by atoms with van der Waals surface area (Å²) in [6.07, 6.45) is 3.66. The van der Waals surface area contributed by atoms with Gasteiger partial charge in [-0.05, 0) is 13.0 Å². The molecule has 2 aromatic heterocycles. The molecule has 3 aromatic rings. The second-order valence-electron chi connectivity index (χ2n) is 3.88. The normalized spacial score (nSPS) is 12.8. The van der Waals surface area contributed by atoms with Gasteiger partial charge < -0.3 is 5.32 Å². The van der Waals surface area contributed by atoms with Gasteiger partial charge in [-0.2, -0.15) is 5.10 Å². The highest BCUT2D eigenvalue weighted by Gasteiger charge is 2.10. The molecule has 0 amide bonds. The predicted molar refractivity (Wildman–Crippen MR) is 70.2 cm³/mol. The van der Waals surface area contributed by atoms with E-state index in [0.29, 0.717) is 0 Å². The van der Waals surface area contributed by atoms with E-state index in [1.807, 2.05) is 36.0 Å². The van der Waals surface area contributed by atoms with Crippen molar-refractivity contribution in [3.05, 3.63) is 41.0 Å². The second-order valence-corrected chi connectivity index (χ2v) is 4.80. The number of anilines is 1. The van der Waals surface area contributed by atoms with E-state index in [1.165, 1.54) is 0 Å². The van der Waals surface area contributed by atoms with Crippen LogP contribution in [0, 0.1) is 0 Å². The molecule has 1 unspecified atom stereocenters. The van der Waals surface area contributed by atoms with Crippen LogP contribution < -0.4 is 5.32 Å². The van der Waals surface area contributed by atoms with E-state index >= 15 is 0 Å². The predicted octanol–water partition coefficient (Wildman–Crippen LogP) is 3.19. The Labute approximate surface area is 103 Å². The van der Waals surface area contributed by atoms with Crippen LogP contribution in [0.15, 0.2) is 36.0 Å². The van der Waals surface area contributed by atoms with Crippen LogP contribution in [0.1, 0.15) is 18.0 Å². The van der Waals surface area contributed by atoms with E-state index in [1.54, 1.807) is 11.3 Å². The van der Waals surface area contributed by atoms with Crippen LogP contribution in [0.2, 0.25) is 0 Å². The van der Waals surface area contributed by atoms with E-state index in [-0.39, 0.29) is 6.04 Å². The summed E-state index contributed by atoms with van der Waals surface area (Å²) in [7, 11) is 0. The van der Waals surface area contributed by atoms with Crippen LogP contribution in [0.25, 0.3) is 10.9 Å². The van der Waals surface area contributed by atoms with Gasteiger partial charge in [0.05, 0.1) is 23.4 Å². The van der Waals surface area contributed by atoms with Crippen molar-refractivity contribution in [2.75, 3.05) is 5.32 Å². The summed E-state index contributed by atoms with van der Waals surface area (Å²) in [4.78, 5) is 4.31. The zero-order chi connectivity index (χ0) is 11.7. The number of para-hydroxylation sites is 1. The number of nitrogens with one attached hydrogen (secondary N) is 2. The molecule has 0 aliphatic rings. The van der Waals surface area contributed by atoms with Crippen molar-refractivity contribution < 1.29 is 0 Å². The third kappa shape index (κ3) is 1.89. The number of nitrogens with zero attached hydrogens (tertiary/aromatic N) is 2. The topological polar surface area (TPSA) is 53.6 Å². The maximum Gasteiger partial charge on any atom is 0.115 e. The Balaban J connectivity index is 1.92. The third-order valence-corrected chi connectivity index (χ3v) is 3.63. The van der Waals surface area contributed by atoms with E-state index in [2.05, 4.69) is 27.4 Å². The lowest BCUT2D eigenvalue weighted by atomic mass is 10.2. The van der Waals surface area contributed by atoms with E-state index in [4.69, 9.17) is 0 Å². The van der Waals surface area contributed by atoms with Gasteiger partial charge in [-0.3, -0.25) is 5.10 Å². The Kier molecular flexibility index (Phi) is 2.53. The van der Waals surface area contributed by atoms with Gasteiger partial charge in [-0.15, -0.1) is 11.3 Å². The van der Waals surface area contributed by atoms with Gasteiger partial charge in [0.25, 0.3) is 0 Å². The van der Waals surface area contributed by atoms with Crippen molar-refractivity contribution >= 4 is 27.9 Å². The van der Waals surface area contributed by atoms with Crippen molar-refractivity contribution in [2.24, 2.45) is 0 Å². The summed E-state index contributed by atoms with van der Waals surface area (Å²) in [5.41, 5.74) is 2.10. The largest absolute Gasteiger partial charge is 0.374 e. The molecule has 0 bridgehead atoms. The summed E-state index contributed by atoms with van der Waals surface area (Å²) in [5.74, 6) is 0. The molecule has 2 heterocycles. The molecule has 0 radical (unpaired) electrons. The lowest BCUT2D eigenvalue weighted by molar-refractivity contribution is 0.870. The van der Waals surface area contributed by atoms with E-state index in [0.717, 1.165) is 21.6 Å². The van der Waals surface area contributed by atoms with Crippen molar-refractivity contribution in [3.8, 4) is 0 Å². The molecule has 86 valence electrons.